The van der Waals surface area contributed by atoms with E-state index in [1.165, 1.54) is 11.5 Å². The van der Waals surface area contributed by atoms with E-state index < -0.39 is 0 Å². The fraction of sp³-hybridized carbons (Fsp3) is 0.571. The van der Waals surface area contributed by atoms with Gasteiger partial charge in [0.2, 0.25) is 11.0 Å². The molecule has 5 nitrogen and oxygen atoms in total. The van der Waals surface area contributed by atoms with E-state index in [-0.39, 0.29) is 5.91 Å². The molecule has 13 heavy (non-hydrogen) atoms. The minimum Gasteiger partial charge on any atom is -0.309 e. The number of rotatable bonds is 4. The third kappa shape index (κ3) is 3.47. The summed E-state index contributed by atoms with van der Waals surface area (Å²) in [4.78, 5) is 15.2. The van der Waals surface area contributed by atoms with E-state index in [1.54, 1.807) is 6.92 Å². The van der Waals surface area contributed by atoms with Gasteiger partial charge in [-0.25, -0.2) is 4.98 Å². The van der Waals surface area contributed by atoms with Crippen LogP contribution < -0.4 is 10.6 Å². The van der Waals surface area contributed by atoms with Crippen LogP contribution in [-0.2, 0) is 4.79 Å². The lowest BCUT2D eigenvalue weighted by molar-refractivity contribution is -0.115. The first-order valence-corrected chi connectivity index (χ1v) is 4.80. The van der Waals surface area contributed by atoms with Crippen LogP contribution in [0.2, 0.25) is 0 Å². The fourth-order valence-corrected chi connectivity index (χ4v) is 1.34. The summed E-state index contributed by atoms with van der Waals surface area (Å²) in [5.74, 6) is 0.599. The van der Waals surface area contributed by atoms with Gasteiger partial charge < -0.3 is 5.32 Å². The monoisotopic (exact) mass is 200 g/mol. The van der Waals surface area contributed by atoms with E-state index in [0.29, 0.717) is 17.5 Å². The smallest absolute Gasteiger partial charge is 0.240 e. The topological polar surface area (TPSA) is 66.9 Å². The summed E-state index contributed by atoms with van der Waals surface area (Å²) in [6.45, 7) is 4.83. The zero-order chi connectivity index (χ0) is 9.68. The predicted octanol–water partition coefficient (Wildman–Crippen LogP) is 0.395. The molecular weight excluding hydrogens is 188 g/mol. The van der Waals surface area contributed by atoms with Gasteiger partial charge in [-0.15, -0.1) is 0 Å². The Bertz CT molecular complexity index is 286. The summed E-state index contributed by atoms with van der Waals surface area (Å²) >= 11 is 1.19. The maximum Gasteiger partial charge on any atom is 0.240 e. The van der Waals surface area contributed by atoms with Crippen LogP contribution in [-0.4, -0.2) is 28.4 Å². The highest BCUT2D eigenvalue weighted by Crippen LogP contribution is 2.09. The molecule has 1 aromatic rings. The number of carbonyl (C=O) groups excluding carboxylic acids is 1. The summed E-state index contributed by atoms with van der Waals surface area (Å²) in [6, 6.07) is 0. The van der Waals surface area contributed by atoms with E-state index in [4.69, 9.17) is 0 Å². The number of nitrogens with one attached hydrogen (secondary N) is 2. The number of hydrogen-bond donors (Lipinski definition) is 2. The lowest BCUT2D eigenvalue weighted by Gasteiger charge is -2.00. The number of carbonyl (C=O) groups is 1. The van der Waals surface area contributed by atoms with Crippen LogP contribution >= 0.6 is 11.5 Å². The Morgan fingerprint density at radius 1 is 1.62 bits per heavy atom. The summed E-state index contributed by atoms with van der Waals surface area (Å²) in [7, 11) is 0. The zero-order valence-electron chi connectivity index (χ0n) is 7.63. The highest BCUT2D eigenvalue weighted by molar-refractivity contribution is 7.09. The summed E-state index contributed by atoms with van der Waals surface area (Å²) in [5, 5.41) is 6.12. The molecule has 0 bridgehead atoms. The molecular formula is C7H12N4OS. The first-order valence-electron chi connectivity index (χ1n) is 4.03. The predicted molar refractivity (Wildman–Crippen MR) is 51.8 cm³/mol. The van der Waals surface area contributed by atoms with Crippen LogP contribution in [0.1, 0.15) is 12.7 Å². The first-order chi connectivity index (χ1) is 6.22. The quantitative estimate of drug-likeness (QED) is 0.738. The average molecular weight is 200 g/mol. The van der Waals surface area contributed by atoms with Crippen molar-refractivity contribution >= 4 is 22.6 Å². The van der Waals surface area contributed by atoms with Crippen LogP contribution in [0.4, 0.5) is 5.13 Å². The third-order valence-electron chi connectivity index (χ3n) is 1.31. The molecule has 0 radical (unpaired) electrons. The lowest BCUT2D eigenvalue weighted by Crippen LogP contribution is -2.27. The van der Waals surface area contributed by atoms with Crippen molar-refractivity contribution in [3.05, 3.63) is 5.82 Å². The number of anilines is 1. The Labute approximate surface area is 80.7 Å². The molecule has 1 amide bonds. The molecule has 2 N–H and O–H groups in total. The van der Waals surface area contributed by atoms with Gasteiger partial charge in [0.05, 0.1) is 6.54 Å². The number of hydrogen-bond acceptors (Lipinski definition) is 5. The van der Waals surface area contributed by atoms with Crippen LogP contribution in [0.5, 0.6) is 0 Å². The van der Waals surface area contributed by atoms with E-state index in [1.807, 2.05) is 6.92 Å². The highest BCUT2D eigenvalue weighted by Gasteiger charge is 2.04. The number of amides is 1. The maximum atomic E-state index is 11.1. The minimum absolute atomic E-state index is 0.0852. The van der Waals surface area contributed by atoms with Gasteiger partial charge in [0.1, 0.15) is 5.82 Å². The van der Waals surface area contributed by atoms with Crippen molar-refractivity contribution in [2.75, 3.05) is 18.4 Å². The van der Waals surface area contributed by atoms with Gasteiger partial charge in [-0.3, -0.25) is 10.1 Å². The lowest BCUT2D eigenvalue weighted by atomic mass is 10.5. The number of aromatic nitrogens is 2. The zero-order valence-corrected chi connectivity index (χ0v) is 8.44. The molecule has 0 aliphatic rings. The molecule has 0 atom stereocenters. The number of aryl methyl sites for hydroxylation is 1. The van der Waals surface area contributed by atoms with Gasteiger partial charge in [0, 0.05) is 11.5 Å². The van der Waals surface area contributed by atoms with Crippen molar-refractivity contribution in [1.82, 2.24) is 14.7 Å². The van der Waals surface area contributed by atoms with Crippen molar-refractivity contribution in [3.8, 4) is 0 Å². The minimum atomic E-state index is -0.0852. The van der Waals surface area contributed by atoms with Gasteiger partial charge in [0.25, 0.3) is 0 Å². The van der Waals surface area contributed by atoms with Crippen molar-refractivity contribution in [1.29, 1.82) is 0 Å². The van der Waals surface area contributed by atoms with Crippen molar-refractivity contribution in [3.63, 3.8) is 0 Å². The molecule has 0 saturated heterocycles. The fourth-order valence-electron chi connectivity index (χ4n) is 0.750. The molecule has 1 heterocycles. The van der Waals surface area contributed by atoms with Crippen LogP contribution in [0.15, 0.2) is 0 Å². The largest absolute Gasteiger partial charge is 0.309 e. The molecule has 0 saturated carbocycles. The van der Waals surface area contributed by atoms with Crippen molar-refractivity contribution < 1.29 is 4.79 Å². The Kier molecular flexibility index (Phi) is 3.78. The second-order valence-electron chi connectivity index (χ2n) is 2.48. The SMILES string of the molecule is CCNCC(=O)Nc1nc(C)ns1. The normalized spacial score (nSPS) is 10.0. The van der Waals surface area contributed by atoms with Crippen LogP contribution in [0.3, 0.4) is 0 Å². The molecule has 72 valence electrons. The van der Waals surface area contributed by atoms with Crippen LogP contribution in [0.25, 0.3) is 0 Å². The van der Waals surface area contributed by atoms with E-state index in [2.05, 4.69) is 20.0 Å². The molecule has 6 heteroatoms. The summed E-state index contributed by atoms with van der Waals surface area (Å²) in [5.41, 5.74) is 0. The maximum absolute atomic E-state index is 11.1. The number of likely N-dealkylation sites (N-methyl/N-ethyl adjacent to an activating group) is 1. The van der Waals surface area contributed by atoms with Gasteiger partial charge >= 0.3 is 0 Å². The van der Waals surface area contributed by atoms with Crippen molar-refractivity contribution in [2.24, 2.45) is 0 Å². The van der Waals surface area contributed by atoms with E-state index >= 15 is 0 Å². The molecule has 0 aliphatic heterocycles. The molecule has 0 aromatic carbocycles. The average Bonchev–Trinajstić information content (AvgIpc) is 2.48. The van der Waals surface area contributed by atoms with Gasteiger partial charge in [-0.05, 0) is 13.5 Å². The second kappa shape index (κ2) is 4.88. The second-order valence-corrected chi connectivity index (χ2v) is 3.23. The highest BCUT2D eigenvalue weighted by atomic mass is 32.1. The molecule has 0 unspecified atom stereocenters. The first kappa shape index (κ1) is 10.1. The summed E-state index contributed by atoms with van der Waals surface area (Å²) in [6.07, 6.45) is 0. The standard InChI is InChI=1S/C7H12N4OS/c1-3-8-4-6(12)10-7-9-5(2)11-13-7/h8H,3-4H2,1-2H3,(H,9,10,11,12). The van der Waals surface area contributed by atoms with Gasteiger partial charge in [0.15, 0.2) is 0 Å². The summed E-state index contributed by atoms with van der Waals surface area (Å²) < 4.78 is 3.95. The third-order valence-corrected chi connectivity index (χ3v) is 2.03. The molecule has 0 fully saturated rings. The van der Waals surface area contributed by atoms with E-state index in [0.717, 1.165) is 6.54 Å². The van der Waals surface area contributed by atoms with E-state index in [9.17, 15) is 4.79 Å². The van der Waals surface area contributed by atoms with Gasteiger partial charge in [-0.1, -0.05) is 6.92 Å². The van der Waals surface area contributed by atoms with Gasteiger partial charge in [-0.2, -0.15) is 4.37 Å². The van der Waals surface area contributed by atoms with Crippen molar-refractivity contribution in [2.45, 2.75) is 13.8 Å². The van der Waals surface area contributed by atoms with Crippen LogP contribution in [0, 0.1) is 6.92 Å². The molecule has 1 rings (SSSR count). The molecule has 0 aliphatic carbocycles. The molecule has 0 spiro atoms. The Morgan fingerprint density at radius 2 is 2.38 bits per heavy atom. The molecule has 1 aromatic heterocycles. The Hall–Kier alpha value is -1.01. The number of nitrogens with zero attached hydrogens (tertiary/aromatic N) is 2. The Morgan fingerprint density at radius 3 is 2.92 bits per heavy atom. The Balaban J connectivity index is 2.36.